The first-order valence-electron chi connectivity index (χ1n) is 35.5. The molecule has 1 N–H and O–H groups in total. The van der Waals surface area contributed by atoms with Gasteiger partial charge in [0.2, 0.25) is 0 Å². The number of likely N-dealkylation sites (N-methyl/N-ethyl adjacent to an activating group) is 1. The molecule has 0 amide bonds. The molecule has 0 aromatic rings. The Hall–Kier alpha value is -4.89. The average molecular weight is 1270 g/mol. The molecule has 0 aliphatic carbocycles. The van der Waals surface area contributed by atoms with Crippen LogP contribution in [-0.4, -0.2) is 74.9 Å². The van der Waals surface area contributed by atoms with Gasteiger partial charge in [0.15, 0.2) is 6.10 Å². The van der Waals surface area contributed by atoms with E-state index in [1.54, 1.807) is 0 Å². The third-order valence-electron chi connectivity index (χ3n) is 14.4. The Morgan fingerprint density at radius 1 is 0.344 bits per heavy atom. The van der Waals surface area contributed by atoms with E-state index in [2.05, 4.69) is 196 Å². The smallest absolute Gasteiger partial charge is 0.462 e. The van der Waals surface area contributed by atoms with Crippen LogP contribution < -0.4 is 0 Å². The lowest BCUT2D eigenvalue weighted by molar-refractivity contribution is -0.870. The van der Waals surface area contributed by atoms with Crippen molar-refractivity contribution in [3.63, 3.8) is 0 Å². The van der Waals surface area contributed by atoms with E-state index in [9.17, 15) is 19.0 Å². The molecule has 9 nitrogen and oxygen atoms in total. The van der Waals surface area contributed by atoms with Gasteiger partial charge in [0.25, 0.3) is 0 Å². The number of phosphoric acid groups is 1. The van der Waals surface area contributed by atoms with E-state index >= 15 is 0 Å². The Balaban J connectivity index is 4.17. The molecule has 0 heterocycles. The van der Waals surface area contributed by atoms with Gasteiger partial charge in [0.05, 0.1) is 27.7 Å². The van der Waals surface area contributed by atoms with Gasteiger partial charge in [-0.25, -0.2) is 4.57 Å². The van der Waals surface area contributed by atoms with Gasteiger partial charge in [-0.2, -0.15) is 0 Å². The molecule has 508 valence electrons. The molecular formula is C80H131NO8P+. The lowest BCUT2D eigenvalue weighted by Crippen LogP contribution is -2.37. The number of carbonyl (C=O) groups excluding carboxylic acids is 2. The minimum Gasteiger partial charge on any atom is -0.462 e. The van der Waals surface area contributed by atoms with Crippen LogP contribution in [0.15, 0.2) is 182 Å². The predicted molar refractivity (Wildman–Crippen MR) is 389 cm³/mol. The quantitative estimate of drug-likeness (QED) is 0.0211. The number of nitrogens with zero attached hydrogens (tertiary/aromatic N) is 1. The summed E-state index contributed by atoms with van der Waals surface area (Å²) in [6, 6.07) is 0. The molecule has 2 unspecified atom stereocenters. The summed E-state index contributed by atoms with van der Waals surface area (Å²) in [5, 5.41) is 0. The van der Waals surface area contributed by atoms with Crippen molar-refractivity contribution in [2.75, 3.05) is 47.5 Å². The van der Waals surface area contributed by atoms with Crippen molar-refractivity contribution >= 4 is 19.8 Å². The summed E-state index contributed by atoms with van der Waals surface area (Å²) in [4.78, 5) is 35.9. The summed E-state index contributed by atoms with van der Waals surface area (Å²) in [6.07, 6.45) is 106. The molecular weight excluding hydrogens is 1130 g/mol. The number of quaternary nitrogens is 1. The summed E-state index contributed by atoms with van der Waals surface area (Å²) in [5.74, 6) is -0.829. The molecule has 0 radical (unpaired) electrons. The highest BCUT2D eigenvalue weighted by atomic mass is 31.2. The summed E-state index contributed by atoms with van der Waals surface area (Å²) >= 11 is 0. The fraction of sp³-hybridized carbons (Fsp3) is 0.600. The van der Waals surface area contributed by atoms with Crippen molar-refractivity contribution in [2.24, 2.45) is 0 Å². The van der Waals surface area contributed by atoms with Crippen LogP contribution in [0.3, 0.4) is 0 Å². The molecule has 0 saturated carbocycles. The van der Waals surface area contributed by atoms with E-state index in [1.165, 1.54) is 77.0 Å². The molecule has 0 aliphatic heterocycles. The standard InChI is InChI=1S/C80H130NO8P/c1-6-8-10-12-14-16-18-20-22-24-26-28-30-32-34-35-36-37-38-39-40-41-42-43-44-45-47-49-51-53-55-57-59-61-63-65-67-69-71-73-80(83)89-78(77-88-90(84,85)87-75-74-81(3,4)5)76-86-79(82)72-70-68-66-64-62-60-58-56-54-52-50-48-46-33-31-29-27-25-23-21-19-17-15-13-11-9-7-2/h8-11,14-17,20-23,26-29,32,34,36-37,39-40,42-43,45,47,51,53,57,59,78H,6-7,12-13,18-19,24-25,30-31,33,35,38,41,44,46,48-50,52,54-56,58,60-77H2,1-5H3/p+1/b10-8-,11-9-,16-14-,17-15-,22-20-,23-21-,28-26-,29-27-,34-32-,37-36-,40-39-,43-42-,47-45-,53-51-,59-57-. The van der Waals surface area contributed by atoms with Gasteiger partial charge < -0.3 is 18.9 Å². The number of allylic oxidation sites excluding steroid dienone is 30. The predicted octanol–water partition coefficient (Wildman–Crippen LogP) is 23.5. The minimum absolute atomic E-state index is 0.0183. The second kappa shape index (κ2) is 68.5. The van der Waals surface area contributed by atoms with Crippen LogP contribution in [0.5, 0.6) is 0 Å². The first-order valence-corrected chi connectivity index (χ1v) is 37.0. The van der Waals surface area contributed by atoms with Crippen LogP contribution >= 0.6 is 7.82 Å². The van der Waals surface area contributed by atoms with Crippen LogP contribution in [0.1, 0.15) is 258 Å². The van der Waals surface area contributed by atoms with Crippen molar-refractivity contribution in [2.45, 2.75) is 264 Å². The van der Waals surface area contributed by atoms with Crippen LogP contribution in [0.2, 0.25) is 0 Å². The number of hydrogen-bond acceptors (Lipinski definition) is 7. The normalized spacial score (nSPS) is 14.2. The second-order valence-electron chi connectivity index (χ2n) is 24.2. The van der Waals surface area contributed by atoms with Gasteiger partial charge in [0.1, 0.15) is 19.8 Å². The Labute approximate surface area is 552 Å². The van der Waals surface area contributed by atoms with Gasteiger partial charge in [-0.3, -0.25) is 18.6 Å². The Kier molecular flexibility index (Phi) is 64.8. The number of phosphoric ester groups is 1. The molecule has 0 saturated heterocycles. The highest BCUT2D eigenvalue weighted by molar-refractivity contribution is 7.47. The first-order chi connectivity index (χ1) is 44.0. The molecule has 90 heavy (non-hydrogen) atoms. The molecule has 0 aromatic heterocycles. The zero-order chi connectivity index (χ0) is 65.5. The maximum atomic E-state index is 12.9. The highest BCUT2D eigenvalue weighted by Crippen LogP contribution is 2.43. The summed E-state index contributed by atoms with van der Waals surface area (Å²) < 4.78 is 34.7. The van der Waals surface area contributed by atoms with Crippen molar-refractivity contribution < 1.29 is 42.1 Å². The summed E-state index contributed by atoms with van der Waals surface area (Å²) in [6.45, 7) is 4.17. The summed E-state index contributed by atoms with van der Waals surface area (Å²) in [5.41, 5.74) is 0. The molecule has 0 fully saturated rings. The number of unbranched alkanes of at least 4 members (excludes halogenated alkanes) is 19. The largest absolute Gasteiger partial charge is 0.472 e. The number of esters is 2. The molecule has 0 aliphatic rings. The van der Waals surface area contributed by atoms with E-state index in [1.807, 2.05) is 21.1 Å². The Morgan fingerprint density at radius 3 is 0.889 bits per heavy atom. The van der Waals surface area contributed by atoms with Gasteiger partial charge in [-0.15, -0.1) is 0 Å². The third kappa shape index (κ3) is 72.2. The molecule has 0 bridgehead atoms. The van der Waals surface area contributed by atoms with Crippen molar-refractivity contribution in [3.05, 3.63) is 182 Å². The molecule has 10 heteroatoms. The maximum absolute atomic E-state index is 12.9. The Bertz CT molecular complexity index is 2170. The molecule has 2 atom stereocenters. The van der Waals surface area contributed by atoms with E-state index in [0.29, 0.717) is 17.4 Å². The molecule has 0 spiro atoms. The highest BCUT2D eigenvalue weighted by Gasteiger charge is 2.27. The zero-order valence-electron chi connectivity index (χ0n) is 57.8. The number of carbonyl (C=O) groups is 2. The second-order valence-corrected chi connectivity index (χ2v) is 25.6. The van der Waals surface area contributed by atoms with Gasteiger partial charge in [-0.1, -0.05) is 292 Å². The van der Waals surface area contributed by atoms with E-state index < -0.39 is 26.5 Å². The van der Waals surface area contributed by atoms with Gasteiger partial charge in [0, 0.05) is 12.8 Å². The number of rotatable bonds is 63. The van der Waals surface area contributed by atoms with Crippen LogP contribution in [0, 0.1) is 0 Å². The van der Waals surface area contributed by atoms with Crippen molar-refractivity contribution in [3.8, 4) is 0 Å². The average Bonchev–Trinajstić information content (AvgIpc) is 3.58. The van der Waals surface area contributed by atoms with E-state index in [0.717, 1.165) is 148 Å². The number of hydrogen-bond donors (Lipinski definition) is 1. The van der Waals surface area contributed by atoms with Crippen LogP contribution in [-0.2, 0) is 32.7 Å². The van der Waals surface area contributed by atoms with Crippen LogP contribution in [0.25, 0.3) is 0 Å². The van der Waals surface area contributed by atoms with E-state index in [-0.39, 0.29) is 32.0 Å². The fourth-order valence-corrected chi connectivity index (χ4v) is 9.81. The number of ether oxygens (including phenoxy) is 2. The zero-order valence-corrected chi connectivity index (χ0v) is 58.7. The molecule has 0 aromatic carbocycles. The topological polar surface area (TPSA) is 108 Å². The maximum Gasteiger partial charge on any atom is 0.472 e. The third-order valence-corrected chi connectivity index (χ3v) is 15.4. The lowest BCUT2D eigenvalue weighted by atomic mass is 10.0. The monoisotopic (exact) mass is 1260 g/mol. The van der Waals surface area contributed by atoms with Gasteiger partial charge in [-0.05, 0) is 135 Å². The lowest BCUT2D eigenvalue weighted by Gasteiger charge is -2.24. The Morgan fingerprint density at radius 2 is 0.600 bits per heavy atom. The van der Waals surface area contributed by atoms with Crippen molar-refractivity contribution in [1.82, 2.24) is 0 Å². The minimum atomic E-state index is -4.41. The van der Waals surface area contributed by atoms with Gasteiger partial charge >= 0.3 is 19.8 Å². The fourth-order valence-electron chi connectivity index (χ4n) is 9.07. The SMILES string of the molecule is CC/C=C\C/C=C\C/C=C\C/C=C\C/C=C\C/C=C\C/C=C\C/C=C\C/C=C\C/C=C\C/C=C\CCCCCCCC(=O)OC(COC(=O)CCCCCCCCCCCCCCCC/C=C\C/C=C\C/C=C\C/C=C\CC)COP(=O)(O)OCC[N+](C)(C)C. The van der Waals surface area contributed by atoms with E-state index in [4.69, 9.17) is 18.5 Å². The summed E-state index contributed by atoms with van der Waals surface area (Å²) in [7, 11) is 1.44. The molecule has 0 rings (SSSR count). The first kappa shape index (κ1) is 85.1. The van der Waals surface area contributed by atoms with Crippen molar-refractivity contribution in [1.29, 1.82) is 0 Å². The van der Waals surface area contributed by atoms with Crippen LogP contribution in [0.4, 0.5) is 0 Å².